The fourth-order valence-electron chi connectivity index (χ4n) is 4.24. The molecule has 1 spiro atoms. The van der Waals surface area contributed by atoms with Gasteiger partial charge < -0.3 is 20.9 Å². The number of nitrogens with zero attached hydrogens (tertiary/aromatic N) is 2. The normalized spacial score (nSPS) is 17.3. The first kappa shape index (κ1) is 19.9. The monoisotopic (exact) mass is 410 g/mol. The van der Waals surface area contributed by atoms with Crippen LogP contribution in [0.25, 0.3) is 0 Å². The van der Waals surface area contributed by atoms with Crippen LogP contribution in [0.4, 0.5) is 15.8 Å². The van der Waals surface area contributed by atoms with Crippen molar-refractivity contribution in [1.82, 2.24) is 4.90 Å². The zero-order chi connectivity index (χ0) is 21.5. The minimum absolute atomic E-state index is 0.0241. The lowest BCUT2D eigenvalue weighted by Gasteiger charge is -2.49. The summed E-state index contributed by atoms with van der Waals surface area (Å²) in [4.78, 5) is 39.6. The van der Waals surface area contributed by atoms with E-state index in [-0.39, 0.29) is 22.6 Å². The van der Waals surface area contributed by atoms with Crippen LogP contribution in [-0.2, 0) is 4.79 Å². The Balaban J connectivity index is 1.51. The molecule has 2 aromatic carbocycles. The van der Waals surface area contributed by atoms with E-state index >= 15 is 0 Å². The second-order valence-electron chi connectivity index (χ2n) is 7.88. The Morgan fingerprint density at radius 2 is 1.80 bits per heavy atom. The minimum Gasteiger partial charge on any atom is -0.376 e. The van der Waals surface area contributed by atoms with Gasteiger partial charge >= 0.3 is 0 Å². The molecule has 0 aromatic heterocycles. The Labute approximate surface area is 173 Å². The zero-order valence-electron chi connectivity index (χ0n) is 16.7. The van der Waals surface area contributed by atoms with Crippen molar-refractivity contribution in [2.45, 2.75) is 25.3 Å². The van der Waals surface area contributed by atoms with E-state index in [9.17, 15) is 18.8 Å². The van der Waals surface area contributed by atoms with Gasteiger partial charge in [-0.05, 0) is 43.2 Å². The molecule has 30 heavy (non-hydrogen) atoms. The van der Waals surface area contributed by atoms with Crippen molar-refractivity contribution >= 4 is 29.1 Å². The van der Waals surface area contributed by atoms with Crippen LogP contribution >= 0.6 is 0 Å². The van der Waals surface area contributed by atoms with E-state index in [4.69, 9.17) is 5.73 Å². The summed E-state index contributed by atoms with van der Waals surface area (Å²) >= 11 is 0. The summed E-state index contributed by atoms with van der Waals surface area (Å²) in [5, 5.41) is 3.57. The maximum absolute atomic E-state index is 14.4. The summed E-state index contributed by atoms with van der Waals surface area (Å²) in [6, 6.07) is 11.3. The average Bonchev–Trinajstić information content (AvgIpc) is 2.73. The highest BCUT2D eigenvalue weighted by atomic mass is 19.1. The number of carbonyl (C=O) groups is 3. The van der Waals surface area contributed by atoms with Crippen LogP contribution in [0.3, 0.4) is 0 Å². The van der Waals surface area contributed by atoms with Gasteiger partial charge in [0.2, 0.25) is 11.8 Å². The van der Waals surface area contributed by atoms with Gasteiger partial charge in [0.1, 0.15) is 5.82 Å². The van der Waals surface area contributed by atoms with Crippen LogP contribution in [0.1, 0.15) is 40.5 Å². The maximum Gasteiger partial charge on any atom is 0.256 e. The van der Waals surface area contributed by atoms with Crippen molar-refractivity contribution in [2.24, 2.45) is 5.73 Å². The van der Waals surface area contributed by atoms with E-state index in [1.54, 1.807) is 16.7 Å². The second-order valence-corrected chi connectivity index (χ2v) is 7.88. The standard InChI is InChI=1S/C22H23FN4O3/c1-14(28)27-13-22(25-18-4-2-3-5-19(18)27)8-10-26(11-9-22)21(30)16-7-6-15(20(24)29)12-17(16)23/h2-7,12,25H,8-11,13H2,1H3,(H2,24,29). The van der Waals surface area contributed by atoms with Gasteiger partial charge in [-0.3, -0.25) is 14.4 Å². The predicted octanol–water partition coefficient (Wildman–Crippen LogP) is 2.38. The molecule has 156 valence electrons. The molecule has 7 nitrogen and oxygen atoms in total. The number of benzene rings is 2. The van der Waals surface area contributed by atoms with Gasteiger partial charge in [0, 0.05) is 32.1 Å². The van der Waals surface area contributed by atoms with Crippen molar-refractivity contribution in [2.75, 3.05) is 29.9 Å². The quantitative estimate of drug-likeness (QED) is 0.795. The molecule has 2 aliphatic rings. The number of amides is 3. The third-order valence-electron chi connectivity index (χ3n) is 5.93. The van der Waals surface area contributed by atoms with Crippen molar-refractivity contribution in [3.8, 4) is 0 Å². The Morgan fingerprint density at radius 3 is 2.43 bits per heavy atom. The molecule has 0 atom stereocenters. The summed E-state index contributed by atoms with van der Waals surface area (Å²) in [6.07, 6.45) is 1.25. The lowest BCUT2D eigenvalue weighted by atomic mass is 9.84. The first-order valence-corrected chi connectivity index (χ1v) is 9.84. The number of anilines is 2. The van der Waals surface area contributed by atoms with Crippen LogP contribution < -0.4 is 16.0 Å². The molecule has 0 saturated carbocycles. The predicted molar refractivity (Wildman–Crippen MR) is 111 cm³/mol. The molecular weight excluding hydrogens is 387 g/mol. The first-order chi connectivity index (χ1) is 14.3. The number of carbonyl (C=O) groups excluding carboxylic acids is 3. The summed E-state index contributed by atoms with van der Waals surface area (Å²) < 4.78 is 14.4. The van der Waals surface area contributed by atoms with Crippen LogP contribution in [0, 0.1) is 5.82 Å². The van der Waals surface area contributed by atoms with Crippen LogP contribution in [0.5, 0.6) is 0 Å². The van der Waals surface area contributed by atoms with Gasteiger partial charge in [0.25, 0.3) is 5.91 Å². The minimum atomic E-state index is -0.760. The number of piperidine rings is 1. The van der Waals surface area contributed by atoms with Crippen molar-refractivity contribution < 1.29 is 18.8 Å². The third kappa shape index (κ3) is 3.49. The fraction of sp³-hybridized carbons (Fsp3) is 0.318. The van der Waals surface area contributed by atoms with Gasteiger partial charge in [-0.2, -0.15) is 0 Å². The number of nitrogens with two attached hydrogens (primary N) is 1. The molecule has 0 radical (unpaired) electrons. The number of fused-ring (bicyclic) bond motifs is 1. The van der Waals surface area contributed by atoms with Gasteiger partial charge in [0.05, 0.1) is 22.5 Å². The molecule has 3 N–H and O–H groups in total. The molecule has 0 bridgehead atoms. The summed E-state index contributed by atoms with van der Waals surface area (Å²) in [7, 11) is 0. The smallest absolute Gasteiger partial charge is 0.256 e. The largest absolute Gasteiger partial charge is 0.376 e. The summed E-state index contributed by atoms with van der Waals surface area (Å²) in [5.74, 6) is -1.95. The van der Waals surface area contributed by atoms with E-state index in [0.717, 1.165) is 17.4 Å². The van der Waals surface area contributed by atoms with E-state index in [1.807, 2.05) is 24.3 Å². The lowest BCUT2D eigenvalue weighted by molar-refractivity contribution is -0.116. The average molecular weight is 410 g/mol. The molecule has 2 heterocycles. The molecule has 4 rings (SSSR count). The van der Waals surface area contributed by atoms with Gasteiger partial charge in [-0.25, -0.2) is 4.39 Å². The first-order valence-electron chi connectivity index (χ1n) is 9.84. The highest BCUT2D eigenvalue weighted by Crippen LogP contribution is 2.39. The third-order valence-corrected chi connectivity index (χ3v) is 5.93. The molecule has 0 aliphatic carbocycles. The highest BCUT2D eigenvalue weighted by molar-refractivity contribution is 5.98. The van der Waals surface area contributed by atoms with Crippen LogP contribution in [0.2, 0.25) is 0 Å². The molecule has 8 heteroatoms. The maximum atomic E-state index is 14.4. The Morgan fingerprint density at radius 1 is 1.10 bits per heavy atom. The Kier molecular flexibility index (Phi) is 4.93. The number of hydrogen-bond acceptors (Lipinski definition) is 4. The number of nitrogens with one attached hydrogen (secondary N) is 1. The van der Waals surface area contributed by atoms with Crippen molar-refractivity contribution in [1.29, 1.82) is 0 Å². The van der Waals surface area contributed by atoms with E-state index < -0.39 is 17.6 Å². The van der Waals surface area contributed by atoms with Crippen molar-refractivity contribution in [3.05, 3.63) is 59.4 Å². The number of halogens is 1. The van der Waals surface area contributed by atoms with E-state index in [1.165, 1.54) is 12.1 Å². The van der Waals surface area contributed by atoms with Crippen molar-refractivity contribution in [3.63, 3.8) is 0 Å². The molecule has 2 aromatic rings. The van der Waals surface area contributed by atoms with Crippen LogP contribution in [0.15, 0.2) is 42.5 Å². The zero-order valence-corrected chi connectivity index (χ0v) is 16.7. The lowest BCUT2D eigenvalue weighted by Crippen LogP contribution is -2.59. The highest BCUT2D eigenvalue weighted by Gasteiger charge is 2.42. The number of primary amides is 1. The topological polar surface area (TPSA) is 95.7 Å². The number of hydrogen-bond donors (Lipinski definition) is 2. The van der Waals surface area contributed by atoms with Gasteiger partial charge in [-0.15, -0.1) is 0 Å². The number of likely N-dealkylation sites (tertiary alicyclic amines) is 1. The van der Waals surface area contributed by atoms with Crippen LogP contribution in [-0.4, -0.2) is 47.8 Å². The molecule has 2 aliphatic heterocycles. The SMILES string of the molecule is CC(=O)N1CC2(CCN(C(=O)c3ccc(C(N)=O)cc3F)CC2)Nc2ccccc21. The summed E-state index contributed by atoms with van der Waals surface area (Å²) in [5.41, 5.74) is 6.51. The number of para-hydroxylation sites is 2. The van der Waals surface area contributed by atoms with Gasteiger partial charge in [-0.1, -0.05) is 12.1 Å². The fourth-order valence-corrected chi connectivity index (χ4v) is 4.24. The van der Waals surface area contributed by atoms with E-state index in [2.05, 4.69) is 5.32 Å². The molecule has 1 fully saturated rings. The molecule has 3 amide bonds. The molecule has 1 saturated heterocycles. The molecular formula is C22H23FN4O3. The Bertz CT molecular complexity index is 1030. The Hall–Kier alpha value is -3.42. The summed E-state index contributed by atoms with van der Waals surface area (Å²) in [6.45, 7) is 2.92. The van der Waals surface area contributed by atoms with Gasteiger partial charge in [0.15, 0.2) is 0 Å². The van der Waals surface area contributed by atoms with E-state index in [0.29, 0.717) is 32.5 Å². The number of rotatable bonds is 2. The molecule has 0 unspecified atom stereocenters. The second kappa shape index (κ2) is 7.44.